The molecule has 0 aliphatic carbocycles. The number of ether oxygens (including phenoxy) is 1. The molecule has 1 amide bonds. The average molecular weight is 564 g/mol. The third-order valence-electron chi connectivity index (χ3n) is 6.78. The molecule has 6 rings (SSSR count). The number of nitrogens with one attached hydrogen (secondary N) is 1. The van der Waals surface area contributed by atoms with Crippen LogP contribution in [0.4, 0.5) is 5.69 Å². The number of amides is 1. The van der Waals surface area contributed by atoms with Crippen LogP contribution in [0.3, 0.4) is 0 Å². The topological polar surface area (TPSA) is 119 Å². The normalized spacial score (nSPS) is 13.2. The van der Waals surface area contributed by atoms with Crippen LogP contribution >= 0.6 is 11.6 Å². The van der Waals surface area contributed by atoms with E-state index in [9.17, 15) is 14.7 Å². The van der Waals surface area contributed by atoms with Crippen molar-refractivity contribution >= 4 is 40.8 Å². The van der Waals surface area contributed by atoms with Crippen molar-refractivity contribution in [3.05, 3.63) is 107 Å². The molecule has 41 heavy (non-hydrogen) atoms. The van der Waals surface area contributed by atoms with E-state index in [2.05, 4.69) is 20.4 Å². The summed E-state index contributed by atoms with van der Waals surface area (Å²) in [5, 5.41) is 16.7. The van der Waals surface area contributed by atoms with Crippen molar-refractivity contribution in [1.29, 1.82) is 0 Å². The summed E-state index contributed by atoms with van der Waals surface area (Å²) < 4.78 is 6.89. The van der Waals surface area contributed by atoms with E-state index >= 15 is 0 Å². The summed E-state index contributed by atoms with van der Waals surface area (Å²) in [4.78, 5) is 32.7. The minimum Gasteiger partial charge on any atom is -0.496 e. The third kappa shape index (κ3) is 5.18. The molecule has 0 saturated carbocycles. The Bertz CT molecular complexity index is 1820. The molecule has 0 bridgehead atoms. The predicted molar refractivity (Wildman–Crippen MR) is 156 cm³/mol. The largest absolute Gasteiger partial charge is 0.496 e. The van der Waals surface area contributed by atoms with Crippen molar-refractivity contribution in [3.63, 3.8) is 0 Å². The number of aliphatic carboxylic acids is 1. The van der Waals surface area contributed by atoms with Crippen LogP contribution in [0.5, 0.6) is 5.75 Å². The Kier molecular flexibility index (Phi) is 6.78. The lowest BCUT2D eigenvalue weighted by molar-refractivity contribution is -0.136. The first-order chi connectivity index (χ1) is 19.9. The van der Waals surface area contributed by atoms with Gasteiger partial charge in [0, 0.05) is 34.0 Å². The molecule has 3 heterocycles. The minimum atomic E-state index is -0.970. The van der Waals surface area contributed by atoms with Gasteiger partial charge in [-0.05, 0) is 59.2 Å². The number of fused-ring (bicyclic) bond motifs is 1. The molecule has 0 spiro atoms. The van der Waals surface area contributed by atoms with Crippen molar-refractivity contribution in [1.82, 2.24) is 19.7 Å². The Morgan fingerprint density at radius 3 is 2.49 bits per heavy atom. The molecule has 1 aliphatic heterocycles. The number of carbonyl (C=O) groups is 2. The number of pyridine rings is 1. The van der Waals surface area contributed by atoms with Gasteiger partial charge in [-0.3, -0.25) is 9.59 Å². The van der Waals surface area contributed by atoms with Gasteiger partial charge in [-0.15, -0.1) is 0 Å². The molecule has 2 N–H and O–H groups in total. The number of nitrogens with zero attached hydrogens (tertiary/aromatic N) is 4. The van der Waals surface area contributed by atoms with Gasteiger partial charge in [-0.1, -0.05) is 41.9 Å². The highest BCUT2D eigenvalue weighted by Gasteiger charge is 2.26. The molecule has 10 heteroatoms. The first-order valence-corrected chi connectivity index (χ1v) is 12.9. The van der Waals surface area contributed by atoms with E-state index in [4.69, 9.17) is 16.3 Å². The maximum Gasteiger partial charge on any atom is 0.307 e. The van der Waals surface area contributed by atoms with E-state index in [0.717, 1.165) is 22.3 Å². The third-order valence-corrected chi connectivity index (χ3v) is 7.09. The number of methoxy groups -OCH3 is 1. The van der Waals surface area contributed by atoms with Crippen LogP contribution in [0.2, 0.25) is 5.02 Å². The second kappa shape index (κ2) is 10.7. The number of hydrogen-bond acceptors (Lipinski definition) is 6. The van der Waals surface area contributed by atoms with Crippen LogP contribution in [-0.4, -0.2) is 43.8 Å². The molecule has 9 nitrogen and oxygen atoms in total. The van der Waals surface area contributed by atoms with Crippen molar-refractivity contribution in [2.75, 3.05) is 12.4 Å². The van der Waals surface area contributed by atoms with Crippen LogP contribution < -0.4 is 10.1 Å². The van der Waals surface area contributed by atoms with Crippen LogP contribution in [0, 0.1) is 0 Å². The number of carboxylic acid groups (broad SMARTS) is 1. The summed E-state index contributed by atoms with van der Waals surface area (Å²) in [5.74, 6) is -0.0822. The monoisotopic (exact) mass is 563 g/mol. The fraction of sp³-hybridized carbons (Fsp3) is 0.0645. The van der Waals surface area contributed by atoms with Gasteiger partial charge in [0.1, 0.15) is 18.4 Å². The van der Waals surface area contributed by atoms with Gasteiger partial charge in [-0.25, -0.2) is 14.6 Å². The quantitative estimate of drug-likeness (QED) is 0.241. The molecule has 2 aromatic heterocycles. The molecule has 202 valence electrons. The SMILES string of the molecule is COc1ccc(/C=C2\C(=O)Nc3cc(Cl)c(-c4ccc(-c5ccc(-n6cncn6)nc5)cc4)cc32)cc1CC(=O)O. The van der Waals surface area contributed by atoms with E-state index in [0.29, 0.717) is 44.5 Å². The van der Waals surface area contributed by atoms with E-state index < -0.39 is 5.97 Å². The lowest BCUT2D eigenvalue weighted by Crippen LogP contribution is -2.04. The molecular weight excluding hydrogens is 542 g/mol. The summed E-state index contributed by atoms with van der Waals surface area (Å²) in [6.07, 6.45) is 6.38. The summed E-state index contributed by atoms with van der Waals surface area (Å²) in [5.41, 5.74) is 6.59. The van der Waals surface area contributed by atoms with Crippen LogP contribution in [0.25, 0.3) is 39.7 Å². The van der Waals surface area contributed by atoms with Gasteiger partial charge in [0.05, 0.1) is 24.2 Å². The van der Waals surface area contributed by atoms with E-state index in [-0.39, 0.29) is 12.3 Å². The molecule has 0 radical (unpaired) electrons. The number of rotatable bonds is 7. The average Bonchev–Trinajstić information content (AvgIpc) is 3.61. The molecule has 1 aliphatic rings. The summed E-state index contributed by atoms with van der Waals surface area (Å²) in [6.45, 7) is 0. The lowest BCUT2D eigenvalue weighted by Gasteiger charge is -2.10. The van der Waals surface area contributed by atoms with Gasteiger partial charge in [0.25, 0.3) is 5.91 Å². The Balaban J connectivity index is 1.31. The Morgan fingerprint density at radius 2 is 1.80 bits per heavy atom. The van der Waals surface area contributed by atoms with Gasteiger partial charge in [0.15, 0.2) is 5.82 Å². The van der Waals surface area contributed by atoms with Crippen molar-refractivity contribution in [2.45, 2.75) is 6.42 Å². The molecular formula is C31H22ClN5O4. The number of halogens is 1. The number of benzene rings is 3. The maximum atomic E-state index is 12.9. The smallest absolute Gasteiger partial charge is 0.307 e. The molecule has 5 aromatic rings. The van der Waals surface area contributed by atoms with Gasteiger partial charge >= 0.3 is 5.97 Å². The predicted octanol–water partition coefficient (Wildman–Crippen LogP) is 5.78. The van der Waals surface area contributed by atoms with E-state index in [1.165, 1.54) is 13.4 Å². The summed E-state index contributed by atoms with van der Waals surface area (Å²) in [7, 11) is 1.49. The first kappa shape index (κ1) is 26.0. The second-order valence-corrected chi connectivity index (χ2v) is 9.76. The van der Waals surface area contributed by atoms with E-state index in [1.54, 1.807) is 47.5 Å². The zero-order chi connectivity index (χ0) is 28.5. The number of anilines is 1. The number of carbonyl (C=O) groups excluding carboxylic acids is 1. The molecule has 0 saturated heterocycles. The zero-order valence-electron chi connectivity index (χ0n) is 21.7. The van der Waals surface area contributed by atoms with Gasteiger partial charge in [0.2, 0.25) is 0 Å². The van der Waals surface area contributed by atoms with Crippen molar-refractivity contribution in [3.8, 4) is 33.8 Å². The summed E-state index contributed by atoms with van der Waals surface area (Å²) in [6, 6.07) is 20.6. The lowest BCUT2D eigenvalue weighted by atomic mass is 9.96. The Hall–Kier alpha value is -5.28. The standard InChI is InChI=1S/C31H22ClN5O4/c1-41-28-8-2-18(10-22(28)12-30(38)39)11-25-24-13-23(26(32)14-27(24)36-31(25)40)20-5-3-19(4-6-20)21-7-9-29(34-15-21)37-17-33-16-35-37/h2-11,13-17H,12H2,1H3,(H,36,40)(H,38,39)/b25-11-. The molecule has 0 fully saturated rings. The van der Waals surface area contributed by atoms with Gasteiger partial charge in [-0.2, -0.15) is 5.10 Å². The molecule has 0 atom stereocenters. The van der Waals surface area contributed by atoms with Crippen molar-refractivity contribution in [2.24, 2.45) is 0 Å². The Morgan fingerprint density at radius 1 is 1.02 bits per heavy atom. The fourth-order valence-corrected chi connectivity index (χ4v) is 5.07. The number of hydrogen-bond donors (Lipinski definition) is 2. The molecule has 3 aromatic carbocycles. The highest BCUT2D eigenvalue weighted by atomic mass is 35.5. The fourth-order valence-electron chi connectivity index (χ4n) is 4.79. The van der Waals surface area contributed by atoms with E-state index in [1.807, 2.05) is 42.5 Å². The first-order valence-electron chi connectivity index (χ1n) is 12.6. The zero-order valence-corrected chi connectivity index (χ0v) is 22.5. The maximum absolute atomic E-state index is 12.9. The highest BCUT2D eigenvalue weighted by molar-refractivity contribution is 6.38. The minimum absolute atomic E-state index is 0.194. The van der Waals surface area contributed by atoms with Crippen molar-refractivity contribution < 1.29 is 19.4 Å². The Labute approximate surface area is 239 Å². The highest BCUT2D eigenvalue weighted by Crippen LogP contribution is 2.41. The molecule has 0 unspecified atom stereocenters. The van der Waals surface area contributed by atoms with Gasteiger partial charge < -0.3 is 15.2 Å². The summed E-state index contributed by atoms with van der Waals surface area (Å²) >= 11 is 6.66. The number of aromatic nitrogens is 4. The van der Waals surface area contributed by atoms with Crippen LogP contribution in [0.15, 0.2) is 85.6 Å². The van der Waals surface area contributed by atoms with Crippen LogP contribution in [-0.2, 0) is 16.0 Å². The second-order valence-electron chi connectivity index (χ2n) is 9.35. The van der Waals surface area contributed by atoms with Crippen LogP contribution in [0.1, 0.15) is 16.7 Å². The number of carboxylic acids is 1.